The second-order valence-electron chi connectivity index (χ2n) is 8.27. The van der Waals surface area contributed by atoms with Gasteiger partial charge >= 0.3 is 0 Å². The van der Waals surface area contributed by atoms with Crippen LogP contribution in [0.2, 0.25) is 0 Å². The SMILES string of the molecule is Cc1cc(NC(=O)CN2CCN(C(=O)c3ccccc3F)CC2)n([C@@H]2CCS(=O)(=O)C2)n1. The van der Waals surface area contributed by atoms with Gasteiger partial charge in [-0.2, -0.15) is 5.10 Å². The lowest BCUT2D eigenvalue weighted by atomic mass is 10.1. The lowest BCUT2D eigenvalue weighted by Crippen LogP contribution is -2.50. The zero-order valence-corrected chi connectivity index (χ0v) is 18.6. The summed E-state index contributed by atoms with van der Waals surface area (Å²) in [6, 6.07) is 7.36. The van der Waals surface area contributed by atoms with Crippen molar-refractivity contribution in [2.75, 3.05) is 49.5 Å². The quantitative estimate of drug-likeness (QED) is 0.712. The first kappa shape index (κ1) is 22.4. The van der Waals surface area contributed by atoms with E-state index < -0.39 is 15.7 Å². The topological polar surface area (TPSA) is 105 Å². The number of aromatic nitrogens is 2. The molecule has 2 amide bonds. The molecule has 1 atom stereocenters. The fourth-order valence-electron chi connectivity index (χ4n) is 4.16. The van der Waals surface area contributed by atoms with Gasteiger partial charge in [-0.1, -0.05) is 12.1 Å². The summed E-state index contributed by atoms with van der Waals surface area (Å²) in [5.41, 5.74) is 0.751. The summed E-state index contributed by atoms with van der Waals surface area (Å²) in [7, 11) is -3.07. The van der Waals surface area contributed by atoms with E-state index >= 15 is 0 Å². The maximum Gasteiger partial charge on any atom is 0.256 e. The van der Waals surface area contributed by atoms with Gasteiger partial charge in [-0.3, -0.25) is 14.5 Å². The number of sulfone groups is 1. The van der Waals surface area contributed by atoms with Crippen molar-refractivity contribution in [2.24, 2.45) is 0 Å². The molecule has 0 unspecified atom stereocenters. The Morgan fingerprint density at radius 2 is 1.91 bits per heavy atom. The fraction of sp³-hybridized carbons (Fsp3) is 0.476. The monoisotopic (exact) mass is 463 g/mol. The highest BCUT2D eigenvalue weighted by molar-refractivity contribution is 7.91. The van der Waals surface area contributed by atoms with Crippen molar-refractivity contribution in [2.45, 2.75) is 19.4 Å². The average Bonchev–Trinajstić information content (AvgIpc) is 3.29. The first-order valence-corrected chi connectivity index (χ1v) is 12.4. The molecule has 2 saturated heterocycles. The largest absolute Gasteiger partial charge is 0.336 e. The molecule has 3 heterocycles. The van der Waals surface area contributed by atoms with Crippen LogP contribution < -0.4 is 5.32 Å². The number of halogens is 1. The van der Waals surface area contributed by atoms with Gasteiger partial charge in [-0.15, -0.1) is 0 Å². The van der Waals surface area contributed by atoms with Crippen LogP contribution in [0.25, 0.3) is 0 Å². The van der Waals surface area contributed by atoms with E-state index in [1.807, 2.05) is 4.90 Å². The van der Waals surface area contributed by atoms with Crippen LogP contribution >= 0.6 is 0 Å². The minimum Gasteiger partial charge on any atom is -0.336 e. The zero-order valence-electron chi connectivity index (χ0n) is 17.8. The molecule has 0 saturated carbocycles. The Kier molecular flexibility index (Phi) is 6.29. The summed E-state index contributed by atoms with van der Waals surface area (Å²) in [6.45, 7) is 3.71. The van der Waals surface area contributed by atoms with Crippen molar-refractivity contribution >= 4 is 27.5 Å². The van der Waals surface area contributed by atoms with Crippen LogP contribution in [-0.2, 0) is 14.6 Å². The molecule has 172 valence electrons. The third-order valence-electron chi connectivity index (χ3n) is 5.81. The Morgan fingerprint density at radius 1 is 1.19 bits per heavy atom. The van der Waals surface area contributed by atoms with E-state index in [9.17, 15) is 22.4 Å². The Morgan fingerprint density at radius 3 is 2.56 bits per heavy atom. The molecule has 2 aliphatic rings. The highest BCUT2D eigenvalue weighted by Crippen LogP contribution is 2.27. The van der Waals surface area contributed by atoms with Gasteiger partial charge < -0.3 is 10.2 Å². The molecule has 9 nitrogen and oxygen atoms in total. The maximum atomic E-state index is 13.9. The molecule has 4 rings (SSSR count). The van der Waals surface area contributed by atoms with E-state index in [4.69, 9.17) is 0 Å². The molecular formula is C21H26FN5O4S. The summed E-state index contributed by atoms with van der Waals surface area (Å²) in [6.07, 6.45) is 0.477. The van der Waals surface area contributed by atoms with Gasteiger partial charge in [0.05, 0.1) is 35.3 Å². The normalized spacial score (nSPS) is 20.9. The van der Waals surface area contributed by atoms with Crippen LogP contribution in [0.1, 0.15) is 28.5 Å². The molecule has 2 aliphatic heterocycles. The summed E-state index contributed by atoms with van der Waals surface area (Å²) < 4.78 is 39.1. The molecule has 2 fully saturated rings. The van der Waals surface area contributed by atoms with E-state index in [1.54, 1.807) is 34.7 Å². The van der Waals surface area contributed by atoms with E-state index in [0.29, 0.717) is 44.1 Å². The van der Waals surface area contributed by atoms with E-state index in [-0.39, 0.29) is 41.5 Å². The first-order chi connectivity index (χ1) is 15.2. The van der Waals surface area contributed by atoms with Gasteiger partial charge in [0.15, 0.2) is 9.84 Å². The van der Waals surface area contributed by atoms with E-state index in [1.165, 1.54) is 12.1 Å². The molecule has 0 bridgehead atoms. The average molecular weight is 464 g/mol. The van der Waals surface area contributed by atoms with Gasteiger partial charge in [-0.05, 0) is 25.5 Å². The number of rotatable bonds is 5. The van der Waals surface area contributed by atoms with E-state index in [0.717, 1.165) is 0 Å². The first-order valence-electron chi connectivity index (χ1n) is 10.5. The minimum atomic E-state index is -3.07. The number of anilines is 1. The smallest absolute Gasteiger partial charge is 0.256 e. The van der Waals surface area contributed by atoms with Gasteiger partial charge in [0.2, 0.25) is 5.91 Å². The molecule has 1 aromatic heterocycles. The van der Waals surface area contributed by atoms with Crippen LogP contribution in [0.15, 0.2) is 30.3 Å². The number of piperazine rings is 1. The number of nitrogens with zero attached hydrogens (tertiary/aromatic N) is 4. The molecule has 11 heteroatoms. The Balaban J connectivity index is 1.32. The fourth-order valence-corrected chi connectivity index (χ4v) is 5.85. The lowest BCUT2D eigenvalue weighted by Gasteiger charge is -2.34. The third kappa shape index (κ3) is 4.99. The zero-order chi connectivity index (χ0) is 22.9. The van der Waals surface area contributed by atoms with Crippen molar-refractivity contribution in [3.8, 4) is 0 Å². The lowest BCUT2D eigenvalue weighted by molar-refractivity contribution is -0.117. The summed E-state index contributed by atoms with van der Waals surface area (Å²) in [4.78, 5) is 28.7. The Hall–Kier alpha value is -2.79. The number of aryl methyl sites for hydroxylation is 1. The van der Waals surface area contributed by atoms with Crippen molar-refractivity contribution in [1.29, 1.82) is 0 Å². The molecule has 0 radical (unpaired) electrons. The van der Waals surface area contributed by atoms with Gasteiger partial charge in [0.1, 0.15) is 11.6 Å². The molecule has 1 aromatic carbocycles. The van der Waals surface area contributed by atoms with Gasteiger partial charge in [0.25, 0.3) is 5.91 Å². The summed E-state index contributed by atoms with van der Waals surface area (Å²) in [5.74, 6) is -0.488. The van der Waals surface area contributed by atoms with Crippen LogP contribution in [0.4, 0.5) is 10.2 Å². The highest BCUT2D eigenvalue weighted by atomic mass is 32.2. The number of amides is 2. The standard InChI is InChI=1S/C21H26FN5O4S/c1-15-12-19(27(24-15)16-6-11-32(30,31)14-16)23-20(28)13-25-7-9-26(10-8-25)21(29)17-4-2-3-5-18(17)22/h2-5,12,16H,6-11,13-14H2,1H3,(H,23,28)/t16-/m1/s1. The van der Waals surface area contributed by atoms with Crippen LogP contribution in [0.3, 0.4) is 0 Å². The molecule has 0 aliphatic carbocycles. The summed E-state index contributed by atoms with van der Waals surface area (Å²) >= 11 is 0. The molecule has 32 heavy (non-hydrogen) atoms. The Bertz CT molecular complexity index is 1120. The van der Waals surface area contributed by atoms with Crippen molar-refractivity contribution in [1.82, 2.24) is 19.6 Å². The van der Waals surface area contributed by atoms with Crippen molar-refractivity contribution in [3.05, 3.63) is 47.4 Å². The number of hydrogen-bond acceptors (Lipinski definition) is 6. The van der Waals surface area contributed by atoms with Gasteiger partial charge in [-0.25, -0.2) is 17.5 Å². The summed E-state index contributed by atoms with van der Waals surface area (Å²) in [5, 5.41) is 7.22. The second-order valence-corrected chi connectivity index (χ2v) is 10.5. The van der Waals surface area contributed by atoms with Crippen molar-refractivity contribution in [3.63, 3.8) is 0 Å². The maximum absolute atomic E-state index is 13.9. The predicted molar refractivity (Wildman–Crippen MR) is 117 cm³/mol. The molecule has 2 aromatic rings. The van der Waals surface area contributed by atoms with Gasteiger partial charge in [0, 0.05) is 32.2 Å². The second kappa shape index (κ2) is 8.99. The minimum absolute atomic E-state index is 0.0228. The number of carbonyl (C=O) groups is 2. The predicted octanol–water partition coefficient (Wildman–Crippen LogP) is 1.09. The number of hydrogen-bond donors (Lipinski definition) is 1. The Labute approximate surface area is 186 Å². The number of benzene rings is 1. The van der Waals surface area contributed by atoms with Crippen LogP contribution in [0.5, 0.6) is 0 Å². The van der Waals surface area contributed by atoms with Crippen LogP contribution in [-0.4, -0.2) is 84.0 Å². The molecular weight excluding hydrogens is 437 g/mol. The number of nitrogens with one attached hydrogen (secondary N) is 1. The number of carbonyl (C=O) groups excluding carboxylic acids is 2. The molecule has 1 N–H and O–H groups in total. The third-order valence-corrected chi connectivity index (χ3v) is 7.56. The van der Waals surface area contributed by atoms with Crippen molar-refractivity contribution < 1.29 is 22.4 Å². The molecule has 0 spiro atoms. The van der Waals surface area contributed by atoms with E-state index in [2.05, 4.69) is 10.4 Å². The van der Waals surface area contributed by atoms with Crippen LogP contribution in [0, 0.1) is 12.7 Å². The highest BCUT2D eigenvalue weighted by Gasteiger charge is 2.31.